The van der Waals surface area contributed by atoms with Crippen molar-refractivity contribution in [2.45, 2.75) is 30.6 Å². The second-order valence-electron chi connectivity index (χ2n) is 5.76. The minimum Gasteiger partial charge on any atom is -0.399 e. The van der Waals surface area contributed by atoms with E-state index >= 15 is 0 Å². The number of benzene rings is 1. The minimum atomic E-state index is -3.39. The summed E-state index contributed by atoms with van der Waals surface area (Å²) in [5, 5.41) is 0. The van der Waals surface area contributed by atoms with E-state index in [1.165, 1.54) is 25.7 Å². The molecule has 0 amide bonds. The Bertz CT molecular complexity index is 533. The first-order valence-electron chi connectivity index (χ1n) is 6.91. The molecule has 0 spiro atoms. The molecule has 0 heterocycles. The highest BCUT2D eigenvalue weighted by Crippen LogP contribution is 2.48. The molecule has 1 aromatic carbocycles. The summed E-state index contributed by atoms with van der Waals surface area (Å²) in [4.78, 5) is 0.298. The lowest BCUT2D eigenvalue weighted by molar-refractivity contribution is 0.401. The number of hydrogen-bond donors (Lipinski definition) is 2. The molecule has 0 aliphatic heterocycles. The van der Waals surface area contributed by atoms with Crippen molar-refractivity contribution in [3.8, 4) is 0 Å². The molecule has 0 radical (unpaired) electrons. The Hall–Kier alpha value is -1.07. The van der Waals surface area contributed by atoms with Crippen LogP contribution in [0.4, 0.5) is 5.69 Å². The fourth-order valence-corrected chi connectivity index (χ4v) is 3.78. The highest BCUT2D eigenvalue weighted by molar-refractivity contribution is 7.89. The Morgan fingerprint density at radius 1 is 1.11 bits per heavy atom. The number of anilines is 1. The van der Waals surface area contributed by atoms with E-state index in [9.17, 15) is 8.42 Å². The van der Waals surface area contributed by atoms with E-state index in [1.54, 1.807) is 24.3 Å². The van der Waals surface area contributed by atoms with Crippen molar-refractivity contribution in [1.29, 1.82) is 0 Å². The molecule has 1 aromatic rings. The van der Waals surface area contributed by atoms with Crippen LogP contribution in [0.25, 0.3) is 0 Å². The lowest BCUT2D eigenvalue weighted by Crippen LogP contribution is -2.31. The molecule has 0 aromatic heterocycles. The minimum absolute atomic E-state index is 0.298. The predicted octanol–water partition coefficient (Wildman–Crippen LogP) is 1.98. The van der Waals surface area contributed by atoms with Crippen molar-refractivity contribution in [3.05, 3.63) is 24.3 Å². The predicted molar refractivity (Wildman–Crippen MR) is 75.0 cm³/mol. The molecule has 4 nitrogen and oxygen atoms in total. The average Bonchev–Trinajstić information content (AvgIpc) is 3.24. The van der Waals surface area contributed by atoms with E-state index < -0.39 is 10.0 Å². The van der Waals surface area contributed by atoms with Crippen molar-refractivity contribution in [3.63, 3.8) is 0 Å². The topological polar surface area (TPSA) is 72.2 Å². The molecule has 2 saturated carbocycles. The number of hydrogen-bond acceptors (Lipinski definition) is 3. The number of nitrogens with one attached hydrogen (secondary N) is 1. The van der Waals surface area contributed by atoms with E-state index in [-0.39, 0.29) is 0 Å². The first-order valence-corrected chi connectivity index (χ1v) is 8.40. The lowest BCUT2D eigenvalue weighted by atomic mass is 9.99. The summed E-state index contributed by atoms with van der Waals surface area (Å²) < 4.78 is 27.1. The van der Waals surface area contributed by atoms with Crippen molar-refractivity contribution < 1.29 is 8.42 Å². The molecule has 2 fully saturated rings. The Labute approximate surface area is 114 Å². The maximum Gasteiger partial charge on any atom is 0.240 e. The highest BCUT2D eigenvalue weighted by atomic mass is 32.2. The van der Waals surface area contributed by atoms with Crippen LogP contribution in [0, 0.1) is 17.8 Å². The van der Waals surface area contributed by atoms with Gasteiger partial charge in [-0.3, -0.25) is 0 Å². The standard InChI is InChI=1S/C14H20N2O2S/c15-12-5-7-13(8-6-12)19(17,18)16-9-14(10-1-2-10)11-3-4-11/h5-8,10-11,14,16H,1-4,9,15H2. The van der Waals surface area contributed by atoms with Gasteiger partial charge in [0.1, 0.15) is 0 Å². The molecule has 0 saturated heterocycles. The van der Waals surface area contributed by atoms with Crippen LogP contribution in [0.2, 0.25) is 0 Å². The Morgan fingerprint density at radius 3 is 2.11 bits per heavy atom. The van der Waals surface area contributed by atoms with Gasteiger partial charge in [-0.1, -0.05) is 0 Å². The monoisotopic (exact) mass is 280 g/mol. The average molecular weight is 280 g/mol. The van der Waals surface area contributed by atoms with Crippen molar-refractivity contribution in [2.24, 2.45) is 17.8 Å². The first kappa shape index (κ1) is 12.9. The largest absolute Gasteiger partial charge is 0.399 e. The van der Waals surface area contributed by atoms with Gasteiger partial charge in [-0.25, -0.2) is 13.1 Å². The summed E-state index contributed by atoms with van der Waals surface area (Å²) in [5.74, 6) is 2.05. The van der Waals surface area contributed by atoms with Gasteiger partial charge < -0.3 is 5.73 Å². The molecule has 3 rings (SSSR count). The fourth-order valence-electron chi connectivity index (χ4n) is 2.70. The van der Waals surface area contributed by atoms with Gasteiger partial charge >= 0.3 is 0 Å². The quantitative estimate of drug-likeness (QED) is 0.783. The third-order valence-electron chi connectivity index (χ3n) is 4.15. The van der Waals surface area contributed by atoms with Crippen LogP contribution in [0.5, 0.6) is 0 Å². The van der Waals surface area contributed by atoms with Crippen LogP contribution in [-0.2, 0) is 10.0 Å². The molecule has 19 heavy (non-hydrogen) atoms. The first-order chi connectivity index (χ1) is 9.06. The number of sulfonamides is 1. The van der Waals surface area contributed by atoms with Crippen LogP contribution in [0.1, 0.15) is 25.7 Å². The highest BCUT2D eigenvalue weighted by Gasteiger charge is 2.41. The Kier molecular flexibility index (Phi) is 3.27. The molecule has 2 aliphatic carbocycles. The molecule has 0 unspecified atom stereocenters. The van der Waals surface area contributed by atoms with E-state index in [2.05, 4.69) is 4.72 Å². The van der Waals surface area contributed by atoms with Gasteiger partial charge in [-0.05, 0) is 67.7 Å². The smallest absolute Gasteiger partial charge is 0.240 e. The summed E-state index contributed by atoms with van der Waals surface area (Å²) in [7, 11) is -3.39. The molecule has 5 heteroatoms. The summed E-state index contributed by atoms with van der Waals surface area (Å²) >= 11 is 0. The summed E-state index contributed by atoms with van der Waals surface area (Å²) in [5.41, 5.74) is 6.15. The third kappa shape index (κ3) is 3.09. The van der Waals surface area contributed by atoms with Crippen molar-refractivity contribution in [2.75, 3.05) is 12.3 Å². The van der Waals surface area contributed by atoms with Gasteiger partial charge in [0.2, 0.25) is 10.0 Å². The van der Waals surface area contributed by atoms with E-state index in [0.717, 1.165) is 11.8 Å². The molecule has 0 bridgehead atoms. The Balaban J connectivity index is 1.65. The SMILES string of the molecule is Nc1ccc(S(=O)(=O)NCC(C2CC2)C2CC2)cc1. The van der Waals surface area contributed by atoms with E-state index in [1.807, 2.05) is 0 Å². The number of nitrogens with two attached hydrogens (primary N) is 1. The van der Waals surface area contributed by atoms with Crippen molar-refractivity contribution >= 4 is 15.7 Å². The maximum absolute atomic E-state index is 12.2. The van der Waals surface area contributed by atoms with Gasteiger partial charge in [-0.15, -0.1) is 0 Å². The summed E-state index contributed by atoms with van der Waals surface area (Å²) in [6, 6.07) is 6.35. The van der Waals surface area contributed by atoms with Crippen LogP contribution >= 0.6 is 0 Å². The second kappa shape index (κ2) is 4.80. The van der Waals surface area contributed by atoms with Crippen LogP contribution in [0.3, 0.4) is 0 Å². The van der Waals surface area contributed by atoms with Gasteiger partial charge in [0.25, 0.3) is 0 Å². The molecule has 0 atom stereocenters. The van der Waals surface area contributed by atoms with Crippen LogP contribution < -0.4 is 10.5 Å². The van der Waals surface area contributed by atoms with E-state index in [0.29, 0.717) is 23.0 Å². The Morgan fingerprint density at radius 2 is 1.63 bits per heavy atom. The van der Waals surface area contributed by atoms with E-state index in [4.69, 9.17) is 5.73 Å². The number of rotatable bonds is 6. The third-order valence-corrected chi connectivity index (χ3v) is 5.59. The van der Waals surface area contributed by atoms with Crippen LogP contribution in [0.15, 0.2) is 29.2 Å². The second-order valence-corrected chi connectivity index (χ2v) is 7.53. The zero-order chi connectivity index (χ0) is 13.5. The van der Waals surface area contributed by atoms with Crippen molar-refractivity contribution in [1.82, 2.24) is 4.72 Å². The van der Waals surface area contributed by atoms with Gasteiger partial charge in [0.05, 0.1) is 4.90 Å². The molecular formula is C14H20N2O2S. The summed E-state index contributed by atoms with van der Waals surface area (Å²) in [6.07, 6.45) is 5.07. The molecule has 3 N–H and O–H groups in total. The zero-order valence-electron chi connectivity index (χ0n) is 10.9. The molecule has 2 aliphatic rings. The molecule has 104 valence electrons. The summed E-state index contributed by atoms with van der Waals surface area (Å²) in [6.45, 7) is 0.585. The van der Waals surface area contributed by atoms with Gasteiger partial charge in [-0.2, -0.15) is 0 Å². The normalized spacial score (nSPS) is 19.8. The van der Waals surface area contributed by atoms with Crippen LogP contribution in [-0.4, -0.2) is 15.0 Å². The number of nitrogen functional groups attached to an aromatic ring is 1. The van der Waals surface area contributed by atoms with Gasteiger partial charge in [0.15, 0.2) is 0 Å². The van der Waals surface area contributed by atoms with Gasteiger partial charge in [0, 0.05) is 12.2 Å². The fraction of sp³-hybridized carbons (Fsp3) is 0.571. The maximum atomic E-state index is 12.2. The lowest BCUT2D eigenvalue weighted by Gasteiger charge is -2.16. The molecular weight excluding hydrogens is 260 g/mol. The zero-order valence-corrected chi connectivity index (χ0v) is 11.7.